The van der Waals surface area contributed by atoms with E-state index in [1.54, 1.807) is 24.3 Å². The number of amides is 3. The van der Waals surface area contributed by atoms with Crippen molar-refractivity contribution in [2.24, 2.45) is 35.5 Å². The second kappa shape index (κ2) is 7.62. The van der Waals surface area contributed by atoms with Gasteiger partial charge in [0.05, 0.1) is 24.0 Å². The standard InChI is InChI=1S/C24H26N2O5/c1-2-3-10-31-24(30)13-4-6-14(7-5-13)25-19(27)12-26-22(28)20-15-8-9-16(18-11-17(15)18)21(20)23(26)29/h4-9,15-18,20-21H,2-3,10-12H2,1H3,(H,25,27)/t15-,16-,17-,18-,20-,21+/m1/s1. The Morgan fingerprint density at radius 1 is 1.03 bits per heavy atom. The molecule has 0 spiro atoms. The number of benzene rings is 1. The fraction of sp³-hybridized carbons (Fsp3) is 0.500. The van der Waals surface area contributed by atoms with Gasteiger partial charge in [0, 0.05) is 5.69 Å². The van der Waals surface area contributed by atoms with Gasteiger partial charge in [0.25, 0.3) is 0 Å². The first-order chi connectivity index (χ1) is 15.0. The van der Waals surface area contributed by atoms with Gasteiger partial charge in [0.1, 0.15) is 6.54 Å². The fourth-order valence-corrected chi connectivity index (χ4v) is 5.60. The molecule has 1 heterocycles. The zero-order chi connectivity index (χ0) is 21.7. The molecule has 1 N–H and O–H groups in total. The van der Waals surface area contributed by atoms with Gasteiger partial charge < -0.3 is 10.1 Å². The van der Waals surface area contributed by atoms with Gasteiger partial charge in [0.15, 0.2) is 0 Å². The third kappa shape index (κ3) is 3.36. The first-order valence-corrected chi connectivity index (χ1v) is 11.1. The van der Waals surface area contributed by atoms with E-state index < -0.39 is 11.9 Å². The summed E-state index contributed by atoms with van der Waals surface area (Å²) in [4.78, 5) is 51.6. The van der Waals surface area contributed by atoms with Crippen molar-refractivity contribution >= 4 is 29.4 Å². The van der Waals surface area contributed by atoms with E-state index in [0.29, 0.717) is 29.7 Å². The Morgan fingerprint density at radius 2 is 1.65 bits per heavy atom. The Hall–Kier alpha value is -2.96. The van der Waals surface area contributed by atoms with Crippen LogP contribution in [0, 0.1) is 35.5 Å². The van der Waals surface area contributed by atoms with Gasteiger partial charge >= 0.3 is 5.97 Å². The molecule has 3 amide bonds. The first-order valence-electron chi connectivity index (χ1n) is 11.1. The second-order valence-corrected chi connectivity index (χ2v) is 9.03. The Balaban J connectivity index is 1.19. The lowest BCUT2D eigenvalue weighted by Crippen LogP contribution is -2.40. The van der Waals surface area contributed by atoms with Crippen LogP contribution in [0.1, 0.15) is 36.5 Å². The minimum Gasteiger partial charge on any atom is -0.462 e. The lowest BCUT2D eigenvalue weighted by atomic mass is 9.63. The van der Waals surface area contributed by atoms with Crippen LogP contribution < -0.4 is 5.32 Å². The summed E-state index contributed by atoms with van der Waals surface area (Å²) < 4.78 is 5.17. The number of ether oxygens (including phenoxy) is 1. The van der Waals surface area contributed by atoms with Crippen LogP contribution in [0.2, 0.25) is 0 Å². The molecular formula is C24H26N2O5. The summed E-state index contributed by atoms with van der Waals surface area (Å²) in [5.74, 6) is -0.465. The van der Waals surface area contributed by atoms with Crippen LogP contribution in [-0.2, 0) is 19.1 Å². The molecule has 6 rings (SSSR count). The Labute approximate surface area is 180 Å². The van der Waals surface area contributed by atoms with Gasteiger partial charge in [-0.1, -0.05) is 25.5 Å². The molecule has 1 aliphatic heterocycles. The largest absolute Gasteiger partial charge is 0.462 e. The number of likely N-dealkylation sites (tertiary alicyclic amines) is 1. The van der Waals surface area contributed by atoms with Crippen LogP contribution in [0.4, 0.5) is 5.69 Å². The van der Waals surface area contributed by atoms with Crippen molar-refractivity contribution in [3.8, 4) is 0 Å². The molecule has 4 aliphatic carbocycles. The van der Waals surface area contributed by atoms with E-state index >= 15 is 0 Å². The zero-order valence-electron chi connectivity index (χ0n) is 17.5. The summed E-state index contributed by atoms with van der Waals surface area (Å²) >= 11 is 0. The summed E-state index contributed by atoms with van der Waals surface area (Å²) in [6, 6.07) is 6.39. The van der Waals surface area contributed by atoms with Gasteiger partial charge in [-0.15, -0.1) is 0 Å². The molecule has 1 aromatic carbocycles. The van der Waals surface area contributed by atoms with Gasteiger partial charge in [-0.25, -0.2) is 4.79 Å². The molecule has 0 radical (unpaired) electrons. The van der Waals surface area contributed by atoms with Crippen molar-refractivity contribution in [3.05, 3.63) is 42.0 Å². The zero-order valence-corrected chi connectivity index (χ0v) is 17.5. The number of rotatable bonds is 7. The molecule has 7 nitrogen and oxygen atoms in total. The maximum absolute atomic E-state index is 13.0. The molecule has 6 atom stereocenters. The number of nitrogens with zero attached hydrogens (tertiary/aromatic N) is 1. The molecule has 162 valence electrons. The van der Waals surface area contributed by atoms with Crippen molar-refractivity contribution in [2.45, 2.75) is 26.2 Å². The molecular weight excluding hydrogens is 396 g/mol. The number of hydrogen-bond donors (Lipinski definition) is 1. The molecule has 5 aliphatic rings. The number of carbonyl (C=O) groups is 4. The molecule has 1 saturated heterocycles. The fourth-order valence-electron chi connectivity index (χ4n) is 5.60. The number of anilines is 1. The molecule has 2 bridgehead atoms. The van der Waals surface area contributed by atoms with Crippen molar-refractivity contribution in [3.63, 3.8) is 0 Å². The first kappa shape index (κ1) is 20.0. The highest BCUT2D eigenvalue weighted by molar-refractivity contribution is 6.09. The van der Waals surface area contributed by atoms with Gasteiger partial charge in [-0.05, 0) is 60.8 Å². The summed E-state index contributed by atoms with van der Waals surface area (Å²) in [5.41, 5.74) is 0.902. The van der Waals surface area contributed by atoms with Gasteiger partial charge in [0.2, 0.25) is 17.7 Å². The monoisotopic (exact) mass is 422 g/mol. The maximum atomic E-state index is 13.0. The molecule has 7 heteroatoms. The molecule has 31 heavy (non-hydrogen) atoms. The van der Waals surface area contributed by atoms with Crippen LogP contribution >= 0.6 is 0 Å². The average Bonchev–Trinajstić information content (AvgIpc) is 3.55. The van der Waals surface area contributed by atoms with E-state index in [9.17, 15) is 19.2 Å². The van der Waals surface area contributed by atoms with Crippen molar-refractivity contribution in [1.82, 2.24) is 4.90 Å². The summed E-state index contributed by atoms with van der Waals surface area (Å²) in [7, 11) is 0. The maximum Gasteiger partial charge on any atom is 0.338 e. The van der Waals surface area contributed by atoms with Crippen molar-refractivity contribution < 1.29 is 23.9 Å². The third-order valence-corrected chi connectivity index (χ3v) is 7.19. The summed E-state index contributed by atoms with van der Waals surface area (Å²) in [6.07, 6.45) is 7.10. The number of unbranched alkanes of at least 4 members (excludes halogenated alkanes) is 1. The quantitative estimate of drug-likeness (QED) is 0.316. The lowest BCUT2D eigenvalue weighted by molar-refractivity contribution is -0.142. The number of imide groups is 1. The van der Waals surface area contributed by atoms with Crippen LogP contribution in [0.15, 0.2) is 36.4 Å². The van der Waals surface area contributed by atoms with Crippen LogP contribution in [0.5, 0.6) is 0 Å². The van der Waals surface area contributed by atoms with E-state index in [1.165, 1.54) is 0 Å². The Bertz CT molecular complexity index is 933. The highest BCUT2D eigenvalue weighted by Crippen LogP contribution is 2.65. The molecule has 3 fully saturated rings. The van der Waals surface area contributed by atoms with Crippen molar-refractivity contribution in [1.29, 1.82) is 0 Å². The number of allylic oxidation sites excluding steroid dienone is 2. The highest BCUT2D eigenvalue weighted by Gasteiger charge is 2.67. The van der Waals surface area contributed by atoms with Crippen LogP contribution in [0.25, 0.3) is 0 Å². The predicted octanol–water partition coefficient (Wildman–Crippen LogP) is 2.64. The average molecular weight is 422 g/mol. The SMILES string of the molecule is CCCCOC(=O)c1ccc(NC(=O)CN2C(=O)[C@@H]3[C@@H]4C=C[C@H]([C@H]5C[C@H]45)[C@@H]3C2=O)cc1. The number of nitrogens with one attached hydrogen (secondary N) is 1. The molecule has 1 aromatic rings. The molecule has 0 unspecified atom stereocenters. The number of carbonyl (C=O) groups excluding carboxylic acids is 4. The minimum absolute atomic E-state index is 0.147. The van der Waals surface area contributed by atoms with E-state index in [4.69, 9.17) is 4.74 Å². The molecule has 2 saturated carbocycles. The molecule has 0 aromatic heterocycles. The van der Waals surface area contributed by atoms with Crippen molar-refractivity contribution in [2.75, 3.05) is 18.5 Å². The summed E-state index contributed by atoms with van der Waals surface area (Å²) in [5, 5.41) is 2.71. The Kier molecular flexibility index (Phi) is 4.91. The van der Waals surface area contributed by atoms with E-state index in [-0.39, 0.29) is 42.0 Å². The van der Waals surface area contributed by atoms with Gasteiger partial charge in [-0.2, -0.15) is 0 Å². The normalized spacial score (nSPS) is 32.0. The second-order valence-electron chi connectivity index (χ2n) is 9.03. The van der Waals surface area contributed by atoms with Gasteiger partial charge in [-0.3, -0.25) is 19.3 Å². The number of esters is 1. The minimum atomic E-state index is -0.427. The lowest BCUT2D eigenvalue weighted by Gasteiger charge is -2.37. The van der Waals surface area contributed by atoms with Crippen LogP contribution in [0.3, 0.4) is 0 Å². The van der Waals surface area contributed by atoms with E-state index in [0.717, 1.165) is 24.2 Å². The summed E-state index contributed by atoms with van der Waals surface area (Å²) in [6.45, 7) is 2.12. The Morgan fingerprint density at radius 3 is 2.23 bits per heavy atom. The topological polar surface area (TPSA) is 92.8 Å². The van der Waals surface area contributed by atoms with Crippen LogP contribution in [-0.4, -0.2) is 41.7 Å². The smallest absolute Gasteiger partial charge is 0.338 e. The van der Waals surface area contributed by atoms with E-state index in [2.05, 4.69) is 17.5 Å². The number of hydrogen-bond acceptors (Lipinski definition) is 5. The van der Waals surface area contributed by atoms with E-state index in [1.807, 2.05) is 6.92 Å². The third-order valence-electron chi connectivity index (χ3n) is 7.19. The predicted molar refractivity (Wildman–Crippen MR) is 112 cm³/mol. The highest BCUT2D eigenvalue weighted by atomic mass is 16.5.